The molecular formula is C20H18ClN5O3S2. The molecule has 2 aliphatic heterocycles. The maximum atomic E-state index is 12.9. The Labute approximate surface area is 192 Å². The first-order valence-corrected chi connectivity index (χ1v) is 11.5. The normalized spacial score (nSPS) is 17.8. The lowest BCUT2D eigenvalue weighted by atomic mass is 9.97. The summed E-state index contributed by atoms with van der Waals surface area (Å²) in [5.41, 5.74) is 2.42. The van der Waals surface area contributed by atoms with Gasteiger partial charge in [-0.2, -0.15) is 0 Å². The third kappa shape index (κ3) is 4.81. The Bertz CT molecular complexity index is 1080. The Balaban J connectivity index is 1.41. The number of hydrogen-bond donors (Lipinski definition) is 3. The fourth-order valence-corrected chi connectivity index (χ4v) is 5.40. The number of carbonyl (C=O) groups excluding carboxylic acids is 3. The third-order valence-corrected chi connectivity index (χ3v) is 7.10. The van der Waals surface area contributed by atoms with Crippen LogP contribution in [-0.2, 0) is 11.2 Å². The van der Waals surface area contributed by atoms with Crippen LogP contribution in [0.5, 0.6) is 0 Å². The van der Waals surface area contributed by atoms with Gasteiger partial charge in [-0.05, 0) is 54.3 Å². The van der Waals surface area contributed by atoms with Gasteiger partial charge in [0.05, 0.1) is 27.3 Å². The highest BCUT2D eigenvalue weighted by Gasteiger charge is 2.33. The summed E-state index contributed by atoms with van der Waals surface area (Å²) in [5.74, 6) is -0.566. The van der Waals surface area contributed by atoms with Crippen molar-refractivity contribution in [1.82, 2.24) is 9.71 Å². The summed E-state index contributed by atoms with van der Waals surface area (Å²) in [4.78, 5) is 42.8. The van der Waals surface area contributed by atoms with Crippen molar-refractivity contribution in [3.05, 3.63) is 58.0 Å². The van der Waals surface area contributed by atoms with Crippen molar-refractivity contribution in [3.8, 4) is 0 Å². The molecule has 1 atom stereocenters. The van der Waals surface area contributed by atoms with Crippen molar-refractivity contribution >= 4 is 70.3 Å². The van der Waals surface area contributed by atoms with Gasteiger partial charge in [-0.15, -0.1) is 11.6 Å². The fourth-order valence-electron chi connectivity index (χ4n) is 3.13. The van der Waals surface area contributed by atoms with Crippen LogP contribution in [0, 0.1) is 0 Å². The number of anilines is 3. The number of allylic oxidation sites excluding steroid dienone is 1. The number of thioether (sulfide) groups is 1. The van der Waals surface area contributed by atoms with Gasteiger partial charge in [-0.25, -0.2) is 14.7 Å². The lowest BCUT2D eigenvalue weighted by Crippen LogP contribution is -2.43. The summed E-state index contributed by atoms with van der Waals surface area (Å²) >= 11 is 8.68. The molecule has 1 unspecified atom stereocenters. The van der Waals surface area contributed by atoms with Crippen LogP contribution < -0.4 is 20.3 Å². The SMILES string of the molecule is CNc1ccc2c(c1)CC(=O)N(c1ccc(NC(=O)NSC3=CCC(Cl)S3)cn1)C2=O. The average Bonchev–Trinajstić information content (AvgIpc) is 3.18. The van der Waals surface area contributed by atoms with Crippen LogP contribution in [0.4, 0.5) is 22.0 Å². The first kappa shape index (κ1) is 21.5. The predicted octanol–water partition coefficient (Wildman–Crippen LogP) is 4.17. The average molecular weight is 476 g/mol. The van der Waals surface area contributed by atoms with Gasteiger partial charge >= 0.3 is 6.03 Å². The summed E-state index contributed by atoms with van der Waals surface area (Å²) < 4.78 is 3.61. The number of pyridine rings is 1. The number of rotatable bonds is 5. The number of hydrogen-bond acceptors (Lipinski definition) is 7. The molecule has 2 aromatic rings. The summed E-state index contributed by atoms with van der Waals surface area (Å²) in [7, 11) is 1.78. The Morgan fingerprint density at radius 1 is 1.26 bits per heavy atom. The van der Waals surface area contributed by atoms with Crippen molar-refractivity contribution in [2.75, 3.05) is 22.6 Å². The van der Waals surface area contributed by atoms with Crippen LogP contribution >= 0.6 is 35.3 Å². The lowest BCUT2D eigenvalue weighted by Gasteiger charge is -2.26. The fraction of sp³-hybridized carbons (Fsp3) is 0.200. The number of imide groups is 1. The van der Waals surface area contributed by atoms with E-state index < -0.39 is 11.9 Å². The van der Waals surface area contributed by atoms with E-state index in [4.69, 9.17) is 11.6 Å². The number of alkyl halides is 1. The van der Waals surface area contributed by atoms with E-state index >= 15 is 0 Å². The van der Waals surface area contributed by atoms with Gasteiger partial charge in [0.15, 0.2) is 0 Å². The number of amides is 4. The van der Waals surface area contributed by atoms with Gasteiger partial charge in [-0.1, -0.05) is 17.8 Å². The van der Waals surface area contributed by atoms with Crippen molar-refractivity contribution in [3.63, 3.8) is 0 Å². The summed E-state index contributed by atoms with van der Waals surface area (Å²) in [5, 5.41) is 5.66. The van der Waals surface area contributed by atoms with Gasteiger partial charge in [0.25, 0.3) is 5.91 Å². The summed E-state index contributed by atoms with van der Waals surface area (Å²) in [6, 6.07) is 7.98. The van der Waals surface area contributed by atoms with E-state index in [1.165, 1.54) is 36.0 Å². The van der Waals surface area contributed by atoms with Gasteiger partial charge in [0.2, 0.25) is 5.91 Å². The molecule has 1 aromatic carbocycles. The number of urea groups is 1. The molecular weight excluding hydrogens is 458 g/mol. The number of nitrogens with one attached hydrogen (secondary N) is 3. The Morgan fingerprint density at radius 3 is 2.74 bits per heavy atom. The monoisotopic (exact) mass is 475 g/mol. The Kier molecular flexibility index (Phi) is 6.40. The van der Waals surface area contributed by atoms with Crippen LogP contribution in [0.15, 0.2) is 46.8 Å². The standard InChI is InChI=1S/C20H18ClN5O3S2/c1-22-12-2-4-14-11(8-12)9-17(27)26(19(14)28)16-6-3-13(10-23-16)24-20(29)25-31-18-7-5-15(21)30-18/h2-4,6-8,10,15,22H,5,9H2,1H3,(H2,24,25,29). The second-order valence-corrected chi connectivity index (χ2v) is 9.82. The number of carbonyl (C=O) groups is 3. The maximum Gasteiger partial charge on any atom is 0.329 e. The van der Waals surface area contributed by atoms with Crippen molar-refractivity contribution < 1.29 is 14.4 Å². The van der Waals surface area contributed by atoms with E-state index in [-0.39, 0.29) is 22.9 Å². The molecule has 160 valence electrons. The topological polar surface area (TPSA) is 103 Å². The molecule has 0 fully saturated rings. The molecule has 11 heteroatoms. The van der Waals surface area contributed by atoms with Crippen molar-refractivity contribution in [2.45, 2.75) is 17.6 Å². The van der Waals surface area contributed by atoms with Crippen LogP contribution in [0.1, 0.15) is 22.3 Å². The predicted molar refractivity (Wildman–Crippen MR) is 125 cm³/mol. The number of halogens is 1. The second-order valence-electron chi connectivity index (χ2n) is 6.68. The maximum absolute atomic E-state index is 12.9. The number of nitrogens with zero attached hydrogens (tertiary/aromatic N) is 2. The first-order chi connectivity index (χ1) is 14.9. The van der Waals surface area contributed by atoms with Gasteiger partial charge < -0.3 is 10.6 Å². The molecule has 3 heterocycles. The Hall–Kier alpha value is -2.69. The Morgan fingerprint density at radius 2 is 2.06 bits per heavy atom. The number of aromatic nitrogens is 1. The zero-order valence-electron chi connectivity index (χ0n) is 16.3. The second kappa shape index (κ2) is 9.21. The van der Waals surface area contributed by atoms with Crippen LogP contribution in [0.25, 0.3) is 0 Å². The summed E-state index contributed by atoms with van der Waals surface area (Å²) in [6.45, 7) is 0. The van der Waals surface area contributed by atoms with E-state index in [1.807, 2.05) is 6.08 Å². The minimum Gasteiger partial charge on any atom is -0.388 e. The molecule has 0 saturated heterocycles. The molecule has 0 spiro atoms. The lowest BCUT2D eigenvalue weighted by molar-refractivity contribution is -0.117. The van der Waals surface area contributed by atoms with Crippen molar-refractivity contribution in [1.29, 1.82) is 0 Å². The van der Waals surface area contributed by atoms with E-state index in [0.717, 1.165) is 21.2 Å². The van der Waals surface area contributed by atoms with E-state index in [0.29, 0.717) is 16.8 Å². The molecule has 4 rings (SSSR count). The molecule has 8 nitrogen and oxygen atoms in total. The minimum atomic E-state index is -0.420. The van der Waals surface area contributed by atoms with E-state index in [1.54, 1.807) is 31.3 Å². The third-order valence-electron chi connectivity index (χ3n) is 4.61. The van der Waals surface area contributed by atoms with Gasteiger partial charge in [-0.3, -0.25) is 14.3 Å². The molecule has 3 N–H and O–H groups in total. The highest BCUT2D eigenvalue weighted by molar-refractivity contribution is 8.22. The molecule has 1 aromatic heterocycles. The highest BCUT2D eigenvalue weighted by Crippen LogP contribution is 2.40. The smallest absolute Gasteiger partial charge is 0.329 e. The van der Waals surface area contributed by atoms with E-state index in [9.17, 15) is 14.4 Å². The van der Waals surface area contributed by atoms with Crippen LogP contribution in [0.2, 0.25) is 0 Å². The van der Waals surface area contributed by atoms with Gasteiger partial charge in [0.1, 0.15) is 5.82 Å². The first-order valence-electron chi connectivity index (χ1n) is 9.33. The minimum absolute atomic E-state index is 0.00152. The van der Waals surface area contributed by atoms with E-state index in [2.05, 4.69) is 20.3 Å². The molecule has 4 amide bonds. The van der Waals surface area contributed by atoms with Gasteiger partial charge in [0, 0.05) is 18.3 Å². The molecule has 0 radical (unpaired) electrons. The largest absolute Gasteiger partial charge is 0.388 e. The number of benzene rings is 1. The quantitative estimate of drug-likeness (QED) is 0.339. The van der Waals surface area contributed by atoms with Crippen molar-refractivity contribution in [2.24, 2.45) is 0 Å². The zero-order chi connectivity index (χ0) is 22.0. The molecule has 31 heavy (non-hydrogen) atoms. The molecule has 2 aliphatic rings. The molecule has 0 aliphatic carbocycles. The summed E-state index contributed by atoms with van der Waals surface area (Å²) in [6.07, 6.45) is 4.24. The zero-order valence-corrected chi connectivity index (χ0v) is 18.7. The highest BCUT2D eigenvalue weighted by atomic mass is 35.5. The van der Waals surface area contributed by atoms with Crippen LogP contribution in [-0.4, -0.2) is 34.6 Å². The molecule has 0 bridgehead atoms. The number of fused-ring (bicyclic) bond motifs is 1. The van der Waals surface area contributed by atoms with Crippen LogP contribution in [0.3, 0.4) is 0 Å². The molecule has 0 saturated carbocycles.